The normalized spacial score (nSPS) is 18.3. The zero-order chi connectivity index (χ0) is 16.8. The Morgan fingerprint density at radius 1 is 1.26 bits per heavy atom. The second-order valence-electron chi connectivity index (χ2n) is 6.59. The molecule has 1 atom stereocenters. The van der Waals surface area contributed by atoms with Gasteiger partial charge >= 0.3 is 0 Å². The van der Waals surface area contributed by atoms with Crippen LogP contribution in [0, 0.1) is 12.8 Å². The number of aliphatic hydroxyl groups excluding tert-OH is 1. The molecular weight excluding hydrogens is 286 g/mol. The first-order chi connectivity index (χ1) is 11.0. The molecule has 0 radical (unpaired) electrons. The molecule has 1 N–H and O–H groups in total. The number of hydrogen-bond donors (Lipinski definition) is 1. The Labute approximate surface area is 140 Å². The summed E-state index contributed by atoms with van der Waals surface area (Å²) in [6.07, 6.45) is 1.13. The van der Waals surface area contributed by atoms with Crippen molar-refractivity contribution in [1.29, 1.82) is 0 Å². The van der Waals surface area contributed by atoms with Crippen molar-refractivity contribution in [1.82, 2.24) is 4.90 Å². The van der Waals surface area contributed by atoms with E-state index in [9.17, 15) is 0 Å². The van der Waals surface area contributed by atoms with Crippen LogP contribution in [-0.2, 0) is 0 Å². The quantitative estimate of drug-likeness (QED) is 0.819. The summed E-state index contributed by atoms with van der Waals surface area (Å²) in [6, 6.07) is 6.54. The largest absolute Gasteiger partial charge is 0.395 e. The highest BCUT2D eigenvalue weighted by atomic mass is 16.3. The summed E-state index contributed by atoms with van der Waals surface area (Å²) in [4.78, 5) is 9.54. The SMILES string of the molecule is CCC(C)C(C)=Nc1ccc(N2CCN(CCO)CC2)c(C)c1. The van der Waals surface area contributed by atoms with Crippen molar-refractivity contribution in [3.05, 3.63) is 23.8 Å². The molecule has 4 heteroatoms. The topological polar surface area (TPSA) is 39.1 Å². The van der Waals surface area contributed by atoms with E-state index in [1.165, 1.54) is 17.0 Å². The molecule has 0 bridgehead atoms. The minimum atomic E-state index is 0.251. The molecule has 1 aliphatic rings. The first-order valence-corrected chi connectivity index (χ1v) is 8.79. The van der Waals surface area contributed by atoms with Crippen molar-refractivity contribution in [3.8, 4) is 0 Å². The summed E-state index contributed by atoms with van der Waals surface area (Å²) in [6.45, 7) is 13.9. The minimum absolute atomic E-state index is 0.251. The van der Waals surface area contributed by atoms with Crippen molar-refractivity contribution >= 4 is 17.1 Å². The fraction of sp³-hybridized carbons (Fsp3) is 0.632. The highest BCUT2D eigenvalue weighted by molar-refractivity contribution is 5.86. The van der Waals surface area contributed by atoms with Gasteiger partial charge in [-0.25, -0.2) is 0 Å². The van der Waals surface area contributed by atoms with E-state index in [1.54, 1.807) is 0 Å². The maximum atomic E-state index is 9.04. The standard InChI is InChI=1S/C19H31N3O/c1-5-15(2)17(4)20-18-6-7-19(16(3)14-18)22-10-8-21(9-11-22)12-13-23/h6-7,14-15,23H,5,8-13H2,1-4H3. The van der Waals surface area contributed by atoms with E-state index in [2.05, 4.69) is 55.7 Å². The van der Waals surface area contributed by atoms with Gasteiger partial charge < -0.3 is 10.0 Å². The molecule has 0 saturated carbocycles. The van der Waals surface area contributed by atoms with Crippen LogP contribution in [0.2, 0.25) is 0 Å². The van der Waals surface area contributed by atoms with Crippen molar-refractivity contribution in [2.24, 2.45) is 10.9 Å². The third-order valence-electron chi connectivity index (χ3n) is 4.94. The molecule has 0 aromatic heterocycles. The molecule has 23 heavy (non-hydrogen) atoms. The average molecular weight is 317 g/mol. The van der Waals surface area contributed by atoms with E-state index in [0.717, 1.165) is 44.8 Å². The monoisotopic (exact) mass is 317 g/mol. The number of hydrogen-bond acceptors (Lipinski definition) is 4. The molecule has 128 valence electrons. The Morgan fingerprint density at radius 2 is 1.96 bits per heavy atom. The molecule has 0 amide bonds. The van der Waals surface area contributed by atoms with Gasteiger partial charge in [-0.05, 0) is 49.9 Å². The minimum Gasteiger partial charge on any atom is -0.395 e. The first-order valence-electron chi connectivity index (χ1n) is 8.79. The van der Waals surface area contributed by atoms with Crippen molar-refractivity contribution < 1.29 is 5.11 Å². The number of piperazine rings is 1. The lowest BCUT2D eigenvalue weighted by Crippen LogP contribution is -2.47. The number of anilines is 1. The molecule has 1 heterocycles. The Balaban J connectivity index is 2.06. The van der Waals surface area contributed by atoms with Gasteiger partial charge in [0.25, 0.3) is 0 Å². The van der Waals surface area contributed by atoms with Gasteiger partial charge in [0.1, 0.15) is 0 Å². The summed E-state index contributed by atoms with van der Waals surface area (Å²) in [7, 11) is 0. The second kappa shape index (κ2) is 8.46. The lowest BCUT2D eigenvalue weighted by Gasteiger charge is -2.36. The van der Waals surface area contributed by atoms with Crippen LogP contribution in [0.3, 0.4) is 0 Å². The lowest BCUT2D eigenvalue weighted by molar-refractivity contribution is 0.188. The van der Waals surface area contributed by atoms with Crippen LogP contribution in [0.25, 0.3) is 0 Å². The van der Waals surface area contributed by atoms with Crippen LogP contribution >= 0.6 is 0 Å². The molecule has 2 rings (SSSR count). The average Bonchev–Trinajstić information content (AvgIpc) is 2.55. The third-order valence-corrected chi connectivity index (χ3v) is 4.94. The predicted molar refractivity (Wildman–Crippen MR) is 99.1 cm³/mol. The number of nitrogens with zero attached hydrogens (tertiary/aromatic N) is 3. The second-order valence-corrected chi connectivity index (χ2v) is 6.59. The fourth-order valence-corrected chi connectivity index (χ4v) is 3.03. The molecule has 0 spiro atoms. The maximum absolute atomic E-state index is 9.04. The molecule has 0 aliphatic carbocycles. The number of aliphatic imine (C=N–C) groups is 1. The summed E-state index contributed by atoms with van der Waals surface area (Å²) in [5.74, 6) is 0.537. The third kappa shape index (κ3) is 4.79. The number of aryl methyl sites for hydroxylation is 1. The Hall–Kier alpha value is -1.39. The van der Waals surface area contributed by atoms with Crippen LogP contribution in [0.15, 0.2) is 23.2 Å². The van der Waals surface area contributed by atoms with Crippen LogP contribution in [-0.4, -0.2) is 55.0 Å². The van der Waals surface area contributed by atoms with E-state index in [0.29, 0.717) is 5.92 Å². The van der Waals surface area contributed by atoms with Gasteiger partial charge in [-0.15, -0.1) is 0 Å². The summed E-state index contributed by atoms with van der Waals surface area (Å²) < 4.78 is 0. The number of benzene rings is 1. The smallest absolute Gasteiger partial charge is 0.0633 e. The molecule has 1 fully saturated rings. The molecule has 1 aromatic rings. The van der Waals surface area contributed by atoms with Gasteiger partial charge in [-0.3, -0.25) is 9.89 Å². The van der Waals surface area contributed by atoms with Gasteiger partial charge in [0, 0.05) is 44.1 Å². The summed E-state index contributed by atoms with van der Waals surface area (Å²) in [5.41, 5.74) is 4.87. The van der Waals surface area contributed by atoms with E-state index in [-0.39, 0.29) is 6.61 Å². The lowest BCUT2D eigenvalue weighted by atomic mass is 10.0. The number of rotatable bonds is 6. The zero-order valence-electron chi connectivity index (χ0n) is 15.0. The maximum Gasteiger partial charge on any atom is 0.0633 e. The summed E-state index contributed by atoms with van der Waals surface area (Å²) in [5, 5.41) is 9.04. The highest BCUT2D eigenvalue weighted by Crippen LogP contribution is 2.26. The molecule has 1 aromatic carbocycles. The Kier molecular flexibility index (Phi) is 6.60. The fourth-order valence-electron chi connectivity index (χ4n) is 3.03. The van der Waals surface area contributed by atoms with E-state index in [4.69, 9.17) is 10.1 Å². The van der Waals surface area contributed by atoms with Gasteiger partial charge in [-0.1, -0.05) is 13.8 Å². The number of β-amino-alcohol motifs (C(OH)–C–C–N with tert-alkyl or cyclic N) is 1. The van der Waals surface area contributed by atoms with Gasteiger partial charge in [0.05, 0.1) is 12.3 Å². The van der Waals surface area contributed by atoms with Crippen LogP contribution < -0.4 is 4.90 Å². The van der Waals surface area contributed by atoms with Crippen molar-refractivity contribution in [3.63, 3.8) is 0 Å². The van der Waals surface area contributed by atoms with Crippen LogP contribution in [0.4, 0.5) is 11.4 Å². The Bertz CT molecular complexity index is 533. The first kappa shape index (κ1) is 18.0. The van der Waals surface area contributed by atoms with E-state index in [1.807, 2.05) is 0 Å². The molecule has 1 aliphatic heterocycles. The molecular formula is C19H31N3O. The van der Waals surface area contributed by atoms with Crippen molar-refractivity contribution in [2.75, 3.05) is 44.2 Å². The predicted octanol–water partition coefficient (Wildman–Crippen LogP) is 3.25. The van der Waals surface area contributed by atoms with Gasteiger partial charge in [0.2, 0.25) is 0 Å². The molecule has 4 nitrogen and oxygen atoms in total. The van der Waals surface area contributed by atoms with Crippen molar-refractivity contribution in [2.45, 2.75) is 34.1 Å². The molecule has 1 saturated heterocycles. The zero-order valence-corrected chi connectivity index (χ0v) is 15.0. The van der Waals surface area contributed by atoms with Crippen LogP contribution in [0.5, 0.6) is 0 Å². The van der Waals surface area contributed by atoms with E-state index >= 15 is 0 Å². The Morgan fingerprint density at radius 3 is 2.52 bits per heavy atom. The number of aliphatic hydroxyl groups is 1. The van der Waals surface area contributed by atoms with Crippen LogP contribution in [0.1, 0.15) is 32.8 Å². The highest BCUT2D eigenvalue weighted by Gasteiger charge is 2.18. The molecule has 1 unspecified atom stereocenters. The summed E-state index contributed by atoms with van der Waals surface area (Å²) >= 11 is 0. The van der Waals surface area contributed by atoms with Gasteiger partial charge in [-0.2, -0.15) is 0 Å². The van der Waals surface area contributed by atoms with Gasteiger partial charge in [0.15, 0.2) is 0 Å². The van der Waals surface area contributed by atoms with E-state index < -0.39 is 0 Å².